The van der Waals surface area contributed by atoms with Gasteiger partial charge in [-0.25, -0.2) is 4.98 Å². The van der Waals surface area contributed by atoms with Crippen molar-refractivity contribution in [1.82, 2.24) is 10.3 Å². The maximum absolute atomic E-state index is 5.71. The smallest absolute Gasteiger partial charge is 0.129 e. The summed E-state index contributed by atoms with van der Waals surface area (Å²) in [6.07, 6.45) is 4.90. The molecule has 0 saturated heterocycles. The second-order valence-corrected chi connectivity index (χ2v) is 3.99. The van der Waals surface area contributed by atoms with Gasteiger partial charge in [-0.15, -0.1) is 0 Å². The van der Waals surface area contributed by atoms with Crippen molar-refractivity contribution in [3.63, 3.8) is 0 Å². The topological polar surface area (TPSA) is 37.3 Å². The van der Waals surface area contributed by atoms with Crippen LogP contribution in [0.5, 0.6) is 0 Å². The van der Waals surface area contributed by atoms with Crippen LogP contribution in [-0.4, -0.2) is 23.9 Å². The number of nitrogens with one attached hydrogen (secondary N) is 1. The highest BCUT2D eigenvalue weighted by molar-refractivity contribution is 6.29. The summed E-state index contributed by atoms with van der Waals surface area (Å²) >= 11 is 5.71. The van der Waals surface area contributed by atoms with Crippen molar-refractivity contribution in [3.8, 4) is 0 Å². The SMILES string of the molecule is Clc1ccc(CCC2=NCCCN2)cn1. The van der Waals surface area contributed by atoms with Crippen LogP contribution in [0.4, 0.5) is 0 Å². The van der Waals surface area contributed by atoms with Gasteiger partial charge >= 0.3 is 0 Å². The molecule has 1 aliphatic heterocycles. The Morgan fingerprint density at radius 2 is 2.27 bits per heavy atom. The molecule has 0 amide bonds. The van der Waals surface area contributed by atoms with Crippen LogP contribution in [0.15, 0.2) is 23.3 Å². The summed E-state index contributed by atoms with van der Waals surface area (Å²) in [6, 6.07) is 3.84. The van der Waals surface area contributed by atoms with E-state index < -0.39 is 0 Å². The molecule has 15 heavy (non-hydrogen) atoms. The van der Waals surface area contributed by atoms with Gasteiger partial charge in [-0.2, -0.15) is 0 Å². The average molecular weight is 224 g/mol. The van der Waals surface area contributed by atoms with Gasteiger partial charge in [0, 0.05) is 25.7 Å². The maximum Gasteiger partial charge on any atom is 0.129 e. The highest BCUT2D eigenvalue weighted by Crippen LogP contribution is 2.07. The molecule has 80 valence electrons. The van der Waals surface area contributed by atoms with E-state index in [0.29, 0.717) is 5.15 Å². The van der Waals surface area contributed by atoms with E-state index in [-0.39, 0.29) is 0 Å². The normalized spacial score (nSPS) is 15.7. The van der Waals surface area contributed by atoms with E-state index in [2.05, 4.69) is 15.3 Å². The van der Waals surface area contributed by atoms with E-state index >= 15 is 0 Å². The molecule has 1 N–H and O–H groups in total. The zero-order chi connectivity index (χ0) is 10.5. The van der Waals surface area contributed by atoms with Crippen molar-refractivity contribution < 1.29 is 0 Å². The number of hydrogen-bond donors (Lipinski definition) is 1. The number of amidine groups is 1. The molecular formula is C11H14ClN3. The number of pyridine rings is 1. The maximum atomic E-state index is 5.71. The van der Waals surface area contributed by atoms with Crippen LogP contribution < -0.4 is 5.32 Å². The van der Waals surface area contributed by atoms with Gasteiger partial charge in [-0.05, 0) is 24.5 Å². The van der Waals surface area contributed by atoms with Crippen molar-refractivity contribution in [1.29, 1.82) is 0 Å². The van der Waals surface area contributed by atoms with Crippen molar-refractivity contribution in [2.45, 2.75) is 19.3 Å². The first-order valence-electron chi connectivity index (χ1n) is 5.22. The minimum Gasteiger partial charge on any atom is -0.374 e. The lowest BCUT2D eigenvalue weighted by atomic mass is 10.1. The predicted octanol–water partition coefficient (Wildman–Crippen LogP) is 2.06. The minimum absolute atomic E-state index is 0.548. The predicted molar refractivity (Wildman–Crippen MR) is 62.5 cm³/mol. The first-order valence-corrected chi connectivity index (χ1v) is 5.60. The van der Waals surface area contributed by atoms with Gasteiger partial charge in [0.05, 0.1) is 5.84 Å². The molecule has 2 rings (SSSR count). The lowest BCUT2D eigenvalue weighted by Gasteiger charge is -2.14. The molecule has 1 aromatic heterocycles. The van der Waals surface area contributed by atoms with E-state index in [1.54, 1.807) is 0 Å². The summed E-state index contributed by atoms with van der Waals surface area (Å²) in [4.78, 5) is 8.47. The molecule has 0 saturated carbocycles. The van der Waals surface area contributed by atoms with Crippen molar-refractivity contribution >= 4 is 17.4 Å². The van der Waals surface area contributed by atoms with Gasteiger partial charge in [0.15, 0.2) is 0 Å². The Kier molecular flexibility index (Phi) is 3.56. The Bertz CT molecular complexity index is 345. The molecule has 3 nitrogen and oxygen atoms in total. The third-order valence-electron chi connectivity index (χ3n) is 2.41. The van der Waals surface area contributed by atoms with Crippen molar-refractivity contribution in [2.24, 2.45) is 4.99 Å². The molecule has 2 heterocycles. The first-order chi connectivity index (χ1) is 7.34. The van der Waals surface area contributed by atoms with Gasteiger partial charge in [0.25, 0.3) is 0 Å². The molecule has 4 heteroatoms. The van der Waals surface area contributed by atoms with Gasteiger partial charge in [-0.1, -0.05) is 17.7 Å². The first kappa shape index (κ1) is 10.4. The number of halogens is 1. The highest BCUT2D eigenvalue weighted by Gasteiger charge is 2.04. The fourth-order valence-electron chi connectivity index (χ4n) is 1.57. The zero-order valence-corrected chi connectivity index (χ0v) is 9.30. The third-order valence-corrected chi connectivity index (χ3v) is 2.63. The summed E-state index contributed by atoms with van der Waals surface area (Å²) in [7, 11) is 0. The Hall–Kier alpha value is -1.09. The van der Waals surface area contributed by atoms with Crippen LogP contribution in [0.2, 0.25) is 5.15 Å². The van der Waals surface area contributed by atoms with Gasteiger partial charge in [0.2, 0.25) is 0 Å². The zero-order valence-electron chi connectivity index (χ0n) is 8.54. The van der Waals surface area contributed by atoms with E-state index in [4.69, 9.17) is 11.6 Å². The van der Waals surface area contributed by atoms with Crippen LogP contribution in [0.1, 0.15) is 18.4 Å². The summed E-state index contributed by atoms with van der Waals surface area (Å²) < 4.78 is 0. The Morgan fingerprint density at radius 1 is 1.33 bits per heavy atom. The lowest BCUT2D eigenvalue weighted by molar-refractivity contribution is 0.722. The van der Waals surface area contributed by atoms with Crippen LogP contribution in [0, 0.1) is 0 Å². The number of nitrogens with zero attached hydrogens (tertiary/aromatic N) is 2. The van der Waals surface area contributed by atoms with Gasteiger partial charge in [-0.3, -0.25) is 4.99 Å². The summed E-state index contributed by atoms with van der Waals surface area (Å²) in [5.74, 6) is 1.12. The molecule has 0 fully saturated rings. The molecular weight excluding hydrogens is 210 g/mol. The molecule has 0 radical (unpaired) electrons. The van der Waals surface area contributed by atoms with Crippen molar-refractivity contribution in [2.75, 3.05) is 13.1 Å². The van der Waals surface area contributed by atoms with Crippen molar-refractivity contribution in [3.05, 3.63) is 29.0 Å². The second-order valence-electron chi connectivity index (χ2n) is 3.60. The average Bonchev–Trinajstić information content (AvgIpc) is 2.30. The van der Waals surface area contributed by atoms with Crippen LogP contribution >= 0.6 is 11.6 Å². The summed E-state index contributed by atoms with van der Waals surface area (Å²) in [5.41, 5.74) is 1.20. The summed E-state index contributed by atoms with van der Waals surface area (Å²) in [5, 5.41) is 3.85. The lowest BCUT2D eigenvalue weighted by Crippen LogP contribution is -2.29. The third kappa shape index (κ3) is 3.20. The fourth-order valence-corrected chi connectivity index (χ4v) is 1.68. The molecule has 0 unspecified atom stereocenters. The monoisotopic (exact) mass is 223 g/mol. The molecule has 0 bridgehead atoms. The Morgan fingerprint density at radius 3 is 2.93 bits per heavy atom. The van der Waals surface area contributed by atoms with E-state index in [1.807, 2.05) is 18.3 Å². The largest absolute Gasteiger partial charge is 0.374 e. The van der Waals surface area contributed by atoms with Crippen LogP contribution in [0.3, 0.4) is 0 Å². The molecule has 0 aliphatic carbocycles. The molecule has 1 aromatic rings. The highest BCUT2D eigenvalue weighted by atomic mass is 35.5. The molecule has 0 aromatic carbocycles. The number of aromatic nitrogens is 1. The van der Waals surface area contributed by atoms with Gasteiger partial charge < -0.3 is 5.32 Å². The van der Waals surface area contributed by atoms with E-state index in [0.717, 1.165) is 38.2 Å². The number of aliphatic imine (C=N–C) groups is 1. The number of hydrogen-bond acceptors (Lipinski definition) is 3. The minimum atomic E-state index is 0.548. The van der Waals surface area contributed by atoms with Crippen LogP contribution in [-0.2, 0) is 6.42 Å². The molecule has 0 spiro atoms. The number of aryl methyl sites for hydroxylation is 1. The van der Waals surface area contributed by atoms with Crippen LogP contribution in [0.25, 0.3) is 0 Å². The van der Waals surface area contributed by atoms with Gasteiger partial charge in [0.1, 0.15) is 5.15 Å². The second kappa shape index (κ2) is 5.12. The Labute approximate surface area is 94.6 Å². The summed E-state index contributed by atoms with van der Waals surface area (Å²) in [6.45, 7) is 2.01. The fraction of sp³-hybridized carbons (Fsp3) is 0.455. The standard InChI is InChI=1S/C11H14ClN3/c12-10-4-2-9(8-15-10)3-5-11-13-6-1-7-14-11/h2,4,8H,1,3,5-7H2,(H,13,14). The molecule has 1 aliphatic rings. The quantitative estimate of drug-likeness (QED) is 0.797. The molecule has 0 atom stereocenters. The van der Waals surface area contributed by atoms with E-state index in [1.165, 1.54) is 5.56 Å². The number of rotatable bonds is 3. The Balaban J connectivity index is 1.87. The van der Waals surface area contributed by atoms with E-state index in [9.17, 15) is 0 Å².